The molecule has 2 aromatic rings. The number of methoxy groups -OCH3 is 1. The van der Waals surface area contributed by atoms with Crippen molar-refractivity contribution in [2.24, 2.45) is 0 Å². The van der Waals surface area contributed by atoms with E-state index in [1.807, 2.05) is 30.3 Å². The van der Waals surface area contributed by atoms with E-state index in [1.165, 1.54) is 19.2 Å². The molecule has 0 radical (unpaired) electrons. The number of nitro benzene ring substituents is 1. The highest BCUT2D eigenvalue weighted by Gasteiger charge is 2.29. The Labute approximate surface area is 168 Å². The first-order chi connectivity index (χ1) is 14.0. The van der Waals surface area contributed by atoms with Crippen molar-refractivity contribution in [3.8, 4) is 5.75 Å². The predicted octanol–water partition coefficient (Wildman–Crippen LogP) is 2.57. The molecule has 1 unspecified atom stereocenters. The van der Waals surface area contributed by atoms with Crippen LogP contribution >= 0.6 is 0 Å². The number of carbonyl (C=O) groups excluding carboxylic acids is 2. The first kappa shape index (κ1) is 20.3. The van der Waals surface area contributed by atoms with Crippen LogP contribution in [0.15, 0.2) is 48.5 Å². The van der Waals surface area contributed by atoms with Crippen LogP contribution in [-0.2, 0) is 11.2 Å². The van der Waals surface area contributed by atoms with Gasteiger partial charge >= 0.3 is 5.69 Å². The summed E-state index contributed by atoms with van der Waals surface area (Å²) in [5, 5.41) is 14.0. The van der Waals surface area contributed by atoms with Gasteiger partial charge in [-0.15, -0.1) is 0 Å². The SMILES string of the molecule is COc1ccc(C(=O)NC(Cc2ccccc2)C(=O)N2CCCC2)cc1[N+](=O)[O-]. The van der Waals surface area contributed by atoms with Crippen molar-refractivity contribution in [3.05, 3.63) is 69.8 Å². The normalized spacial score (nSPS) is 14.3. The molecular weight excluding hydrogens is 374 g/mol. The highest BCUT2D eigenvalue weighted by atomic mass is 16.6. The van der Waals surface area contributed by atoms with Crippen molar-refractivity contribution in [2.75, 3.05) is 20.2 Å². The van der Waals surface area contributed by atoms with E-state index in [0.717, 1.165) is 24.5 Å². The zero-order chi connectivity index (χ0) is 20.8. The molecule has 0 spiro atoms. The van der Waals surface area contributed by atoms with Gasteiger partial charge in [-0.05, 0) is 30.5 Å². The Kier molecular flexibility index (Phi) is 6.43. The van der Waals surface area contributed by atoms with E-state index in [9.17, 15) is 19.7 Å². The van der Waals surface area contributed by atoms with Crippen LogP contribution in [0, 0.1) is 10.1 Å². The van der Waals surface area contributed by atoms with E-state index in [2.05, 4.69) is 5.32 Å². The summed E-state index contributed by atoms with van der Waals surface area (Å²) in [7, 11) is 1.33. The summed E-state index contributed by atoms with van der Waals surface area (Å²) in [6.45, 7) is 1.35. The fourth-order valence-electron chi connectivity index (χ4n) is 3.42. The molecule has 8 heteroatoms. The fraction of sp³-hybridized carbons (Fsp3) is 0.333. The number of likely N-dealkylation sites (tertiary alicyclic amines) is 1. The molecule has 29 heavy (non-hydrogen) atoms. The second-order valence-corrected chi connectivity index (χ2v) is 6.89. The van der Waals surface area contributed by atoms with Crippen LogP contribution in [0.2, 0.25) is 0 Å². The first-order valence-electron chi connectivity index (χ1n) is 9.45. The van der Waals surface area contributed by atoms with Crippen LogP contribution in [0.5, 0.6) is 5.75 Å². The Hall–Kier alpha value is -3.42. The third-order valence-electron chi connectivity index (χ3n) is 4.94. The van der Waals surface area contributed by atoms with Gasteiger partial charge < -0.3 is 15.0 Å². The lowest BCUT2D eigenvalue weighted by molar-refractivity contribution is -0.385. The Morgan fingerprint density at radius 1 is 1.17 bits per heavy atom. The van der Waals surface area contributed by atoms with E-state index in [-0.39, 0.29) is 22.9 Å². The number of nitrogens with zero attached hydrogens (tertiary/aromatic N) is 2. The minimum absolute atomic E-state index is 0.0699. The fourth-order valence-corrected chi connectivity index (χ4v) is 3.42. The maximum Gasteiger partial charge on any atom is 0.311 e. The van der Waals surface area contributed by atoms with Gasteiger partial charge in [0.15, 0.2) is 5.75 Å². The highest BCUT2D eigenvalue weighted by molar-refractivity contribution is 5.98. The molecular formula is C21H23N3O5. The largest absolute Gasteiger partial charge is 0.490 e. The molecule has 3 rings (SSSR count). The summed E-state index contributed by atoms with van der Waals surface area (Å²) in [6.07, 6.45) is 2.24. The zero-order valence-corrected chi connectivity index (χ0v) is 16.2. The molecule has 0 saturated carbocycles. The standard InChI is InChI=1S/C21H23N3O5/c1-29-19-10-9-16(14-18(19)24(27)28)20(25)22-17(13-15-7-3-2-4-8-15)21(26)23-11-5-6-12-23/h2-4,7-10,14,17H,5-6,11-13H2,1H3,(H,22,25). The molecule has 1 fully saturated rings. The number of nitro groups is 1. The maximum atomic E-state index is 13.0. The molecule has 8 nitrogen and oxygen atoms in total. The predicted molar refractivity (Wildman–Crippen MR) is 107 cm³/mol. The van der Waals surface area contributed by atoms with Crippen molar-refractivity contribution < 1.29 is 19.2 Å². The second-order valence-electron chi connectivity index (χ2n) is 6.89. The average Bonchev–Trinajstić information content (AvgIpc) is 3.27. The third-order valence-corrected chi connectivity index (χ3v) is 4.94. The smallest absolute Gasteiger partial charge is 0.311 e. The molecule has 1 atom stereocenters. The number of rotatable bonds is 7. The van der Waals surface area contributed by atoms with Gasteiger partial charge in [-0.25, -0.2) is 0 Å². The third kappa shape index (κ3) is 4.90. The van der Waals surface area contributed by atoms with Crippen LogP contribution in [-0.4, -0.2) is 47.9 Å². The minimum atomic E-state index is -0.746. The molecule has 0 aromatic heterocycles. The molecule has 1 saturated heterocycles. The monoisotopic (exact) mass is 397 g/mol. The molecule has 0 aliphatic carbocycles. The molecule has 1 aliphatic heterocycles. The second kappa shape index (κ2) is 9.18. The van der Waals surface area contributed by atoms with Crippen LogP contribution in [0.4, 0.5) is 5.69 Å². The topological polar surface area (TPSA) is 102 Å². The first-order valence-corrected chi connectivity index (χ1v) is 9.45. The highest BCUT2D eigenvalue weighted by Crippen LogP contribution is 2.27. The van der Waals surface area contributed by atoms with Gasteiger partial charge in [-0.1, -0.05) is 30.3 Å². The van der Waals surface area contributed by atoms with Crippen LogP contribution in [0.1, 0.15) is 28.8 Å². The van der Waals surface area contributed by atoms with Crippen molar-refractivity contribution in [1.29, 1.82) is 0 Å². The summed E-state index contributed by atoms with van der Waals surface area (Å²) >= 11 is 0. The lowest BCUT2D eigenvalue weighted by Crippen LogP contribution is -2.49. The van der Waals surface area contributed by atoms with Crippen molar-refractivity contribution in [2.45, 2.75) is 25.3 Å². The van der Waals surface area contributed by atoms with Crippen molar-refractivity contribution in [1.82, 2.24) is 10.2 Å². The summed E-state index contributed by atoms with van der Waals surface area (Å²) < 4.78 is 4.97. The summed E-state index contributed by atoms with van der Waals surface area (Å²) in [4.78, 5) is 38.2. The Bertz CT molecular complexity index is 894. The molecule has 2 amide bonds. The summed E-state index contributed by atoms with van der Waals surface area (Å²) in [5.41, 5.74) is 0.724. The quantitative estimate of drug-likeness (QED) is 0.571. The Morgan fingerprint density at radius 3 is 2.48 bits per heavy atom. The molecule has 1 N–H and O–H groups in total. The number of amides is 2. The van der Waals surface area contributed by atoms with Crippen LogP contribution in [0.25, 0.3) is 0 Å². The van der Waals surface area contributed by atoms with Gasteiger partial charge in [0.05, 0.1) is 12.0 Å². The number of hydrogen-bond acceptors (Lipinski definition) is 5. The van der Waals surface area contributed by atoms with E-state index >= 15 is 0 Å². The van der Waals surface area contributed by atoms with Gasteiger partial charge in [-0.2, -0.15) is 0 Å². The van der Waals surface area contributed by atoms with Gasteiger partial charge in [0.25, 0.3) is 5.91 Å². The molecule has 0 bridgehead atoms. The Morgan fingerprint density at radius 2 is 1.86 bits per heavy atom. The van der Waals surface area contributed by atoms with E-state index < -0.39 is 16.9 Å². The molecule has 1 heterocycles. The molecule has 1 aliphatic rings. The van der Waals surface area contributed by atoms with E-state index in [0.29, 0.717) is 19.5 Å². The maximum absolute atomic E-state index is 13.0. The lowest BCUT2D eigenvalue weighted by atomic mass is 10.0. The number of hydrogen-bond donors (Lipinski definition) is 1. The summed E-state index contributed by atoms with van der Waals surface area (Å²) in [5.74, 6) is -0.604. The van der Waals surface area contributed by atoms with Crippen molar-refractivity contribution in [3.63, 3.8) is 0 Å². The number of benzene rings is 2. The van der Waals surface area contributed by atoms with Gasteiger partial charge in [-0.3, -0.25) is 19.7 Å². The number of carbonyl (C=O) groups is 2. The van der Waals surface area contributed by atoms with Crippen LogP contribution < -0.4 is 10.1 Å². The lowest BCUT2D eigenvalue weighted by Gasteiger charge is -2.24. The minimum Gasteiger partial charge on any atom is -0.490 e. The van der Waals surface area contributed by atoms with Gasteiger partial charge in [0.2, 0.25) is 5.91 Å². The number of nitrogens with one attached hydrogen (secondary N) is 1. The molecule has 2 aromatic carbocycles. The number of ether oxygens (including phenoxy) is 1. The van der Waals surface area contributed by atoms with Crippen LogP contribution in [0.3, 0.4) is 0 Å². The average molecular weight is 397 g/mol. The van der Waals surface area contributed by atoms with Gasteiger partial charge in [0, 0.05) is 31.1 Å². The summed E-state index contributed by atoms with van der Waals surface area (Å²) in [6, 6.07) is 12.7. The Balaban J connectivity index is 1.82. The van der Waals surface area contributed by atoms with E-state index in [1.54, 1.807) is 4.90 Å². The van der Waals surface area contributed by atoms with Crippen molar-refractivity contribution >= 4 is 17.5 Å². The van der Waals surface area contributed by atoms with E-state index in [4.69, 9.17) is 4.74 Å². The van der Waals surface area contributed by atoms with Gasteiger partial charge in [0.1, 0.15) is 6.04 Å². The zero-order valence-electron chi connectivity index (χ0n) is 16.2. The molecule has 152 valence electrons.